The van der Waals surface area contributed by atoms with E-state index in [1.807, 2.05) is 0 Å². The number of anilines is 2. The molecule has 7 nitrogen and oxygen atoms in total. The van der Waals surface area contributed by atoms with Gasteiger partial charge in [0.25, 0.3) is 5.91 Å². The molecular weight excluding hydrogens is 406 g/mol. The van der Waals surface area contributed by atoms with E-state index in [4.69, 9.17) is 5.73 Å². The van der Waals surface area contributed by atoms with Crippen LogP contribution in [0.15, 0.2) is 54.6 Å². The van der Waals surface area contributed by atoms with Crippen molar-refractivity contribution in [2.24, 2.45) is 5.73 Å². The highest BCUT2D eigenvalue weighted by Gasteiger charge is 2.28. The number of carbonyl (C=O) groups excluding carboxylic acids is 3. The minimum Gasteiger partial charge on any atom is -0.366 e. The van der Waals surface area contributed by atoms with Gasteiger partial charge in [-0.05, 0) is 59.7 Å². The lowest BCUT2D eigenvalue weighted by atomic mass is 9.92. The topological polar surface area (TPSA) is 113 Å². The van der Waals surface area contributed by atoms with Crippen molar-refractivity contribution in [3.8, 4) is 11.1 Å². The number of benzene rings is 3. The van der Waals surface area contributed by atoms with Gasteiger partial charge in [0.2, 0.25) is 5.91 Å². The maximum atomic E-state index is 14.9. The van der Waals surface area contributed by atoms with Gasteiger partial charge < -0.3 is 21.7 Å². The predicted octanol–water partition coefficient (Wildman–Crippen LogP) is 3.62. The molecule has 0 saturated carbocycles. The molecule has 0 saturated heterocycles. The van der Waals surface area contributed by atoms with E-state index >= 15 is 0 Å². The first-order valence-corrected chi connectivity index (χ1v) is 9.21. The number of fused-ring (bicyclic) bond motifs is 1. The van der Waals surface area contributed by atoms with Crippen LogP contribution in [-0.2, 0) is 6.54 Å². The van der Waals surface area contributed by atoms with Gasteiger partial charge in [-0.1, -0.05) is 6.07 Å². The molecule has 4 rings (SSSR count). The van der Waals surface area contributed by atoms with E-state index < -0.39 is 29.5 Å². The van der Waals surface area contributed by atoms with Crippen LogP contribution in [0.1, 0.15) is 26.3 Å². The molecule has 1 aliphatic heterocycles. The Morgan fingerprint density at radius 3 is 2.23 bits per heavy atom. The van der Waals surface area contributed by atoms with Crippen LogP contribution in [0.2, 0.25) is 0 Å². The van der Waals surface area contributed by atoms with Crippen LogP contribution in [0.5, 0.6) is 0 Å². The number of amides is 4. The standard InChI is InChI=1S/C22H16F2N4O3/c23-11-1-3-12(4-2-11)27-22(31)28-13-5-6-15(18(24)9-13)14-7-8-16(20(25)29)19-17(14)10-26-21(19)30/h1-9H,10H2,(H2,25,29)(H,26,30)(H2,27,28,31). The number of carbonyl (C=O) groups is 3. The summed E-state index contributed by atoms with van der Waals surface area (Å²) in [5.74, 6) is -2.25. The summed E-state index contributed by atoms with van der Waals surface area (Å²) in [6.07, 6.45) is 0. The summed E-state index contributed by atoms with van der Waals surface area (Å²) in [5, 5.41) is 7.62. The summed E-state index contributed by atoms with van der Waals surface area (Å²) in [6, 6.07) is 11.6. The van der Waals surface area contributed by atoms with E-state index in [1.54, 1.807) is 0 Å². The van der Waals surface area contributed by atoms with Crippen LogP contribution in [-0.4, -0.2) is 17.8 Å². The Kier molecular flexibility index (Phi) is 5.08. The molecule has 31 heavy (non-hydrogen) atoms. The number of hydrogen-bond acceptors (Lipinski definition) is 3. The number of nitrogens with two attached hydrogens (primary N) is 1. The molecule has 3 aromatic rings. The molecule has 0 fully saturated rings. The smallest absolute Gasteiger partial charge is 0.323 e. The molecule has 0 unspecified atom stereocenters. The van der Waals surface area contributed by atoms with Gasteiger partial charge in [0.15, 0.2) is 0 Å². The van der Waals surface area contributed by atoms with Crippen molar-refractivity contribution >= 4 is 29.2 Å². The van der Waals surface area contributed by atoms with Crippen molar-refractivity contribution in [2.45, 2.75) is 6.54 Å². The molecule has 0 spiro atoms. The Bertz CT molecular complexity index is 1230. The molecule has 1 aliphatic rings. The summed E-state index contributed by atoms with van der Waals surface area (Å²) in [7, 11) is 0. The molecule has 3 aromatic carbocycles. The summed E-state index contributed by atoms with van der Waals surface area (Å²) < 4.78 is 27.8. The molecule has 156 valence electrons. The number of halogens is 2. The van der Waals surface area contributed by atoms with Crippen LogP contribution < -0.4 is 21.7 Å². The Hall–Kier alpha value is -4.27. The fraction of sp³-hybridized carbons (Fsp3) is 0.0455. The molecule has 0 aliphatic carbocycles. The van der Waals surface area contributed by atoms with Gasteiger partial charge in [-0.2, -0.15) is 0 Å². The summed E-state index contributed by atoms with van der Waals surface area (Å²) in [6.45, 7) is 0.143. The van der Waals surface area contributed by atoms with Crippen molar-refractivity contribution in [2.75, 3.05) is 10.6 Å². The van der Waals surface area contributed by atoms with Crippen molar-refractivity contribution in [3.05, 3.63) is 82.9 Å². The molecule has 0 bridgehead atoms. The van der Waals surface area contributed by atoms with E-state index in [9.17, 15) is 23.2 Å². The zero-order valence-electron chi connectivity index (χ0n) is 16.0. The van der Waals surface area contributed by atoms with E-state index in [1.165, 1.54) is 48.5 Å². The van der Waals surface area contributed by atoms with Gasteiger partial charge in [0, 0.05) is 23.5 Å². The minimum absolute atomic E-state index is 0.0740. The van der Waals surface area contributed by atoms with Gasteiger partial charge >= 0.3 is 6.03 Å². The van der Waals surface area contributed by atoms with Gasteiger partial charge in [-0.15, -0.1) is 0 Å². The second-order valence-electron chi connectivity index (χ2n) is 6.84. The first kappa shape index (κ1) is 20.0. The number of primary amides is 1. The SMILES string of the molecule is NC(=O)c1ccc(-c2ccc(NC(=O)Nc3ccc(F)cc3)cc2F)c2c1C(=O)NC2. The number of nitrogens with one attached hydrogen (secondary N) is 3. The number of rotatable bonds is 4. The average molecular weight is 422 g/mol. The lowest BCUT2D eigenvalue weighted by Crippen LogP contribution is -2.19. The van der Waals surface area contributed by atoms with Crippen LogP contribution in [0.3, 0.4) is 0 Å². The highest BCUT2D eigenvalue weighted by Crippen LogP contribution is 2.34. The summed E-state index contributed by atoms with van der Waals surface area (Å²) >= 11 is 0. The fourth-order valence-corrected chi connectivity index (χ4v) is 3.44. The van der Waals surface area contributed by atoms with E-state index in [0.717, 1.165) is 6.07 Å². The molecule has 9 heteroatoms. The maximum absolute atomic E-state index is 14.9. The third kappa shape index (κ3) is 3.93. The summed E-state index contributed by atoms with van der Waals surface area (Å²) in [4.78, 5) is 35.8. The van der Waals surface area contributed by atoms with Crippen LogP contribution in [0.4, 0.5) is 25.0 Å². The maximum Gasteiger partial charge on any atom is 0.323 e. The van der Waals surface area contributed by atoms with Gasteiger partial charge in [0.1, 0.15) is 11.6 Å². The Balaban J connectivity index is 1.58. The first-order chi connectivity index (χ1) is 14.8. The van der Waals surface area contributed by atoms with Gasteiger partial charge in [-0.25, -0.2) is 13.6 Å². The molecule has 1 heterocycles. The number of hydrogen-bond donors (Lipinski definition) is 4. The molecule has 0 radical (unpaired) electrons. The third-order valence-corrected chi connectivity index (χ3v) is 4.85. The van der Waals surface area contributed by atoms with Crippen molar-refractivity contribution < 1.29 is 23.2 Å². The lowest BCUT2D eigenvalue weighted by molar-refractivity contribution is 0.0947. The monoisotopic (exact) mass is 422 g/mol. The zero-order valence-corrected chi connectivity index (χ0v) is 16.0. The highest BCUT2D eigenvalue weighted by atomic mass is 19.1. The average Bonchev–Trinajstić information content (AvgIpc) is 3.11. The predicted molar refractivity (Wildman–Crippen MR) is 111 cm³/mol. The summed E-state index contributed by atoms with van der Waals surface area (Å²) in [5.41, 5.74) is 7.25. The largest absolute Gasteiger partial charge is 0.366 e. The lowest BCUT2D eigenvalue weighted by Gasteiger charge is -2.13. The fourth-order valence-electron chi connectivity index (χ4n) is 3.44. The Labute approximate surface area is 175 Å². The van der Waals surface area contributed by atoms with E-state index in [0.29, 0.717) is 16.8 Å². The second-order valence-corrected chi connectivity index (χ2v) is 6.84. The van der Waals surface area contributed by atoms with Crippen molar-refractivity contribution in [1.29, 1.82) is 0 Å². The highest BCUT2D eigenvalue weighted by molar-refractivity contribution is 6.10. The Morgan fingerprint density at radius 2 is 1.55 bits per heavy atom. The van der Waals surface area contributed by atoms with Crippen LogP contribution >= 0.6 is 0 Å². The van der Waals surface area contributed by atoms with E-state index in [2.05, 4.69) is 16.0 Å². The van der Waals surface area contributed by atoms with E-state index in [-0.39, 0.29) is 28.9 Å². The molecular formula is C22H16F2N4O3. The molecule has 4 amide bonds. The molecule has 0 aromatic heterocycles. The third-order valence-electron chi connectivity index (χ3n) is 4.85. The van der Waals surface area contributed by atoms with Crippen LogP contribution in [0.25, 0.3) is 11.1 Å². The van der Waals surface area contributed by atoms with Crippen molar-refractivity contribution in [1.82, 2.24) is 5.32 Å². The first-order valence-electron chi connectivity index (χ1n) is 9.21. The number of urea groups is 1. The molecule has 0 atom stereocenters. The quantitative estimate of drug-likeness (QED) is 0.515. The molecule has 5 N–H and O–H groups in total. The van der Waals surface area contributed by atoms with Gasteiger partial charge in [0.05, 0.1) is 11.1 Å². The minimum atomic E-state index is -0.743. The zero-order chi connectivity index (χ0) is 22.1. The van der Waals surface area contributed by atoms with Gasteiger partial charge in [-0.3, -0.25) is 9.59 Å². The van der Waals surface area contributed by atoms with Crippen LogP contribution in [0, 0.1) is 11.6 Å². The van der Waals surface area contributed by atoms with Crippen molar-refractivity contribution in [3.63, 3.8) is 0 Å². The second kappa shape index (κ2) is 7.86. The Morgan fingerprint density at radius 1 is 0.903 bits per heavy atom. The normalized spacial score (nSPS) is 12.1.